The number of nitrogens with two attached hydrogens (primary N) is 1. The van der Waals surface area contributed by atoms with Gasteiger partial charge in [0.15, 0.2) is 11.4 Å². The molecule has 1 aromatic rings. The quantitative estimate of drug-likeness (QED) is 0.271. The van der Waals surface area contributed by atoms with Gasteiger partial charge in [0, 0.05) is 36.7 Å². The molecule has 1 amide bonds. The van der Waals surface area contributed by atoms with Crippen molar-refractivity contribution in [2.75, 3.05) is 27.2 Å². The van der Waals surface area contributed by atoms with E-state index in [1.165, 1.54) is 4.90 Å². The summed E-state index contributed by atoms with van der Waals surface area (Å²) in [6.07, 6.45) is 5.45. The average molecular weight is 552 g/mol. The third-order valence-corrected chi connectivity index (χ3v) is 8.99. The van der Waals surface area contributed by atoms with Crippen LogP contribution in [0.3, 0.4) is 0 Å². The molecular weight excluding hydrogens is 514 g/mol. The predicted molar refractivity (Wildman–Crippen MR) is 147 cm³/mol. The normalized spacial score (nSPS) is 28.7. The Morgan fingerprint density at radius 3 is 2.48 bits per heavy atom. The highest BCUT2D eigenvalue weighted by Crippen LogP contribution is 2.53. The number of ketones is 2. The number of Topliss-reactive ketones (excluding diaryl/α,β-unsaturated/α-hetero) is 2. The first kappa shape index (κ1) is 28.1. The molecule has 10 heteroatoms. The van der Waals surface area contributed by atoms with E-state index in [0.29, 0.717) is 18.5 Å². The van der Waals surface area contributed by atoms with Gasteiger partial charge in [0.25, 0.3) is 5.91 Å². The van der Waals surface area contributed by atoms with Gasteiger partial charge in [-0.3, -0.25) is 24.2 Å². The molecule has 214 valence electrons. The van der Waals surface area contributed by atoms with Gasteiger partial charge < -0.3 is 26.2 Å². The highest BCUT2D eigenvalue weighted by Gasteiger charge is 2.64. The lowest BCUT2D eigenvalue weighted by atomic mass is 9.57. The minimum atomic E-state index is -2.64. The molecule has 0 aromatic heterocycles. The summed E-state index contributed by atoms with van der Waals surface area (Å²) in [5.74, 6) is -6.28. The zero-order valence-corrected chi connectivity index (χ0v) is 23.3. The maximum Gasteiger partial charge on any atom is 0.255 e. The zero-order chi connectivity index (χ0) is 29.3. The van der Waals surface area contributed by atoms with E-state index in [2.05, 4.69) is 17.1 Å². The summed E-state index contributed by atoms with van der Waals surface area (Å²) < 4.78 is 0. The van der Waals surface area contributed by atoms with Gasteiger partial charge in [-0.2, -0.15) is 0 Å². The molecule has 3 aliphatic carbocycles. The van der Waals surface area contributed by atoms with E-state index in [0.717, 1.165) is 30.6 Å². The van der Waals surface area contributed by atoms with Gasteiger partial charge in [-0.05, 0) is 56.3 Å². The standard InChI is InChI=1S/C30H37N3O7/c1-14(2)17-11-16(13-33-8-6-5-7-9-33)24(34)21-18(17)10-15-12-19-23(32(3)4)26(36)22(29(31)39)28(38)30(19,40)27(37)20(15)25(21)35/h5-6,11,14-15,19,23,34-35,38,40H,7-10,12-13H2,1-4H3,(H2,31,39)/t15-,19-,23+,30-/m0/s1. The van der Waals surface area contributed by atoms with Gasteiger partial charge in [-0.25, -0.2) is 0 Å². The second kappa shape index (κ2) is 9.87. The number of aromatic hydroxyl groups is 1. The number of amides is 1. The first-order valence-electron chi connectivity index (χ1n) is 13.7. The Morgan fingerprint density at radius 2 is 1.90 bits per heavy atom. The molecule has 0 unspecified atom stereocenters. The monoisotopic (exact) mass is 551 g/mol. The first-order chi connectivity index (χ1) is 18.8. The van der Waals surface area contributed by atoms with E-state index in [9.17, 15) is 34.8 Å². The molecule has 1 saturated carbocycles. The van der Waals surface area contributed by atoms with Gasteiger partial charge in [-0.15, -0.1) is 0 Å². The molecule has 1 fully saturated rings. The highest BCUT2D eigenvalue weighted by atomic mass is 16.3. The minimum absolute atomic E-state index is 0.0517. The molecule has 10 nitrogen and oxygen atoms in total. The second-order valence-corrected chi connectivity index (χ2v) is 11.9. The lowest BCUT2D eigenvalue weighted by molar-refractivity contribution is -0.153. The minimum Gasteiger partial charge on any atom is -0.508 e. The van der Waals surface area contributed by atoms with E-state index in [4.69, 9.17) is 5.73 Å². The number of phenolic OH excluding ortho intramolecular Hbond substituents is 1. The Morgan fingerprint density at radius 1 is 1.20 bits per heavy atom. The molecule has 4 aliphatic rings. The molecule has 1 heterocycles. The van der Waals surface area contributed by atoms with Crippen molar-refractivity contribution in [1.29, 1.82) is 0 Å². The number of carbonyl (C=O) groups excluding carboxylic acids is 3. The largest absolute Gasteiger partial charge is 0.508 e. The predicted octanol–water partition coefficient (Wildman–Crippen LogP) is 1.85. The van der Waals surface area contributed by atoms with Gasteiger partial charge in [-0.1, -0.05) is 32.1 Å². The number of likely N-dealkylation sites (N-methyl/N-ethyl adjacent to an activating group) is 1. The van der Waals surface area contributed by atoms with Crippen LogP contribution in [-0.4, -0.2) is 86.5 Å². The smallest absolute Gasteiger partial charge is 0.255 e. The first-order valence-corrected chi connectivity index (χ1v) is 13.7. The van der Waals surface area contributed by atoms with Crippen molar-refractivity contribution >= 4 is 23.2 Å². The highest BCUT2D eigenvalue weighted by molar-refractivity contribution is 6.24. The lowest BCUT2D eigenvalue weighted by Crippen LogP contribution is -2.65. The number of rotatable bonds is 5. The fourth-order valence-electron chi connectivity index (χ4n) is 7.11. The van der Waals surface area contributed by atoms with Crippen LogP contribution in [0, 0.1) is 11.8 Å². The van der Waals surface area contributed by atoms with Crippen LogP contribution >= 0.6 is 0 Å². The number of carbonyl (C=O) groups is 3. The average Bonchev–Trinajstić information content (AvgIpc) is 2.87. The molecule has 6 N–H and O–H groups in total. The van der Waals surface area contributed by atoms with Crippen molar-refractivity contribution in [1.82, 2.24) is 9.80 Å². The molecule has 0 radical (unpaired) electrons. The lowest BCUT2D eigenvalue weighted by Gasteiger charge is -2.50. The van der Waals surface area contributed by atoms with E-state index in [1.54, 1.807) is 14.1 Å². The van der Waals surface area contributed by atoms with Gasteiger partial charge >= 0.3 is 0 Å². The van der Waals surface area contributed by atoms with Crippen molar-refractivity contribution in [3.63, 3.8) is 0 Å². The van der Waals surface area contributed by atoms with Crippen LogP contribution in [0.25, 0.3) is 5.76 Å². The second-order valence-electron chi connectivity index (χ2n) is 11.9. The summed E-state index contributed by atoms with van der Waals surface area (Å²) in [4.78, 5) is 43.2. The summed E-state index contributed by atoms with van der Waals surface area (Å²) in [6.45, 7) is 6.06. The van der Waals surface area contributed by atoms with E-state index >= 15 is 0 Å². The number of nitrogens with zero attached hydrogens (tertiary/aromatic N) is 2. The van der Waals surface area contributed by atoms with Crippen molar-refractivity contribution in [2.45, 2.75) is 57.2 Å². The van der Waals surface area contributed by atoms with Gasteiger partial charge in [0.05, 0.1) is 11.6 Å². The van der Waals surface area contributed by atoms with Crippen LogP contribution in [0.5, 0.6) is 5.75 Å². The fourth-order valence-corrected chi connectivity index (χ4v) is 7.11. The Bertz CT molecular complexity index is 1410. The Kier molecular flexibility index (Phi) is 6.92. The van der Waals surface area contributed by atoms with Crippen LogP contribution in [0.2, 0.25) is 0 Å². The number of fused-ring (bicyclic) bond motifs is 3. The Hall–Kier alpha value is -3.47. The number of hydrogen-bond acceptors (Lipinski definition) is 9. The van der Waals surface area contributed by atoms with Gasteiger partial charge in [0.2, 0.25) is 5.78 Å². The van der Waals surface area contributed by atoms with Crippen molar-refractivity contribution < 1.29 is 34.8 Å². The summed E-state index contributed by atoms with van der Waals surface area (Å²) in [5, 5.41) is 45.9. The Balaban J connectivity index is 1.70. The molecule has 0 saturated heterocycles. The van der Waals surface area contributed by atoms with Gasteiger partial charge in [0.1, 0.15) is 22.8 Å². The SMILES string of the molecule is CC(C)c1cc(CN2CC=CCC2)c(O)c2c1C[C@H]1C[C@H]3[C@@H](N(C)C)C(=O)C(C(N)=O)=C(O)[C@@]3(O)C(=O)C1=C2O. The molecule has 5 rings (SSSR count). The number of hydrogen-bond donors (Lipinski definition) is 5. The van der Waals surface area contributed by atoms with E-state index < -0.39 is 58.0 Å². The molecule has 0 spiro atoms. The number of phenols is 1. The summed E-state index contributed by atoms with van der Waals surface area (Å²) in [6, 6.07) is 0.869. The van der Waals surface area contributed by atoms with E-state index in [1.807, 2.05) is 19.9 Å². The van der Waals surface area contributed by atoms with Crippen molar-refractivity contribution in [3.05, 3.63) is 57.4 Å². The number of aliphatic hydroxyl groups is 3. The van der Waals surface area contributed by atoms with E-state index in [-0.39, 0.29) is 29.2 Å². The summed E-state index contributed by atoms with van der Waals surface area (Å²) in [5.41, 5.74) is 4.26. The van der Waals surface area contributed by atoms with Crippen LogP contribution in [0.1, 0.15) is 54.9 Å². The number of primary amides is 1. The van der Waals surface area contributed by atoms with Crippen LogP contribution in [0.4, 0.5) is 0 Å². The van der Waals surface area contributed by atoms with Crippen molar-refractivity contribution in [2.24, 2.45) is 17.6 Å². The number of benzene rings is 1. The maximum absolute atomic E-state index is 14.1. The topological polar surface area (TPSA) is 165 Å². The third kappa shape index (κ3) is 4.00. The van der Waals surface area contributed by atoms with Crippen LogP contribution < -0.4 is 5.73 Å². The fraction of sp³-hybridized carbons (Fsp3) is 0.500. The van der Waals surface area contributed by atoms with Crippen LogP contribution in [0.15, 0.2) is 35.1 Å². The zero-order valence-electron chi connectivity index (χ0n) is 23.3. The Labute approximate surface area is 233 Å². The van der Waals surface area contributed by atoms with Crippen molar-refractivity contribution in [3.8, 4) is 5.75 Å². The summed E-state index contributed by atoms with van der Waals surface area (Å²) in [7, 11) is 3.17. The molecular formula is C30H37N3O7. The molecule has 1 aromatic carbocycles. The van der Waals surface area contributed by atoms with Crippen LogP contribution in [-0.2, 0) is 27.3 Å². The summed E-state index contributed by atoms with van der Waals surface area (Å²) >= 11 is 0. The third-order valence-electron chi connectivity index (χ3n) is 8.99. The maximum atomic E-state index is 14.1. The number of aliphatic hydroxyl groups excluding tert-OH is 2. The molecule has 0 bridgehead atoms. The molecule has 4 atom stereocenters. The molecule has 40 heavy (non-hydrogen) atoms. The molecule has 1 aliphatic heterocycles.